The van der Waals surface area contributed by atoms with Crippen LogP contribution in [-0.2, 0) is 0 Å². The third kappa shape index (κ3) is 3.39. The van der Waals surface area contributed by atoms with E-state index in [0.717, 1.165) is 15.6 Å². The normalized spacial score (nSPS) is 11.9. The van der Waals surface area contributed by atoms with Gasteiger partial charge in [-0.25, -0.2) is 0 Å². The standard InChI is InChI=1S/C16H17BrN2O/c1-10-5-3-4-6-15(10)11(2)19-16(20)12-7-13(17)9-14(18)8-12/h3-9,11H,18H2,1-2H3,(H,19,20)/t11-/m1/s1. The summed E-state index contributed by atoms with van der Waals surface area (Å²) in [5.74, 6) is -0.131. The first-order chi connectivity index (χ1) is 9.47. The van der Waals surface area contributed by atoms with Crippen LogP contribution >= 0.6 is 15.9 Å². The number of amides is 1. The molecule has 0 heterocycles. The third-order valence-electron chi connectivity index (χ3n) is 3.18. The first-order valence-corrected chi connectivity index (χ1v) is 7.19. The maximum atomic E-state index is 12.3. The molecule has 2 rings (SSSR count). The van der Waals surface area contributed by atoms with E-state index < -0.39 is 0 Å². The number of halogens is 1. The fourth-order valence-electron chi connectivity index (χ4n) is 2.17. The summed E-state index contributed by atoms with van der Waals surface area (Å²) in [6, 6.07) is 13.2. The second kappa shape index (κ2) is 6.09. The number of aryl methyl sites for hydroxylation is 1. The number of nitrogens with one attached hydrogen (secondary N) is 1. The molecule has 0 fully saturated rings. The summed E-state index contributed by atoms with van der Waals surface area (Å²) in [7, 11) is 0. The van der Waals surface area contributed by atoms with Gasteiger partial charge in [0.15, 0.2) is 0 Å². The van der Waals surface area contributed by atoms with Gasteiger partial charge in [0, 0.05) is 15.7 Å². The van der Waals surface area contributed by atoms with E-state index in [-0.39, 0.29) is 11.9 Å². The molecule has 0 unspecified atom stereocenters. The maximum absolute atomic E-state index is 12.3. The zero-order valence-electron chi connectivity index (χ0n) is 11.5. The third-order valence-corrected chi connectivity index (χ3v) is 3.64. The molecule has 0 aromatic heterocycles. The van der Waals surface area contributed by atoms with E-state index in [1.807, 2.05) is 38.1 Å². The number of rotatable bonds is 3. The number of hydrogen-bond donors (Lipinski definition) is 2. The van der Waals surface area contributed by atoms with Crippen molar-refractivity contribution in [3.63, 3.8) is 0 Å². The molecule has 0 bridgehead atoms. The Labute approximate surface area is 127 Å². The SMILES string of the molecule is Cc1ccccc1[C@@H](C)NC(=O)c1cc(N)cc(Br)c1. The highest BCUT2D eigenvalue weighted by molar-refractivity contribution is 9.10. The largest absolute Gasteiger partial charge is 0.399 e. The first-order valence-electron chi connectivity index (χ1n) is 6.40. The molecule has 1 atom stereocenters. The Morgan fingerprint density at radius 1 is 1.25 bits per heavy atom. The minimum absolute atomic E-state index is 0.0519. The van der Waals surface area contributed by atoms with Gasteiger partial charge in [-0.1, -0.05) is 40.2 Å². The van der Waals surface area contributed by atoms with Crippen LogP contribution in [0, 0.1) is 6.92 Å². The lowest BCUT2D eigenvalue weighted by atomic mass is 10.0. The predicted molar refractivity (Wildman–Crippen MR) is 85.6 cm³/mol. The summed E-state index contributed by atoms with van der Waals surface area (Å²) in [6.07, 6.45) is 0. The van der Waals surface area contributed by atoms with Crippen LogP contribution in [0.2, 0.25) is 0 Å². The van der Waals surface area contributed by atoms with Crippen LogP contribution in [0.25, 0.3) is 0 Å². The maximum Gasteiger partial charge on any atom is 0.251 e. The Balaban J connectivity index is 2.17. The van der Waals surface area contributed by atoms with E-state index in [0.29, 0.717) is 11.3 Å². The molecular weight excluding hydrogens is 316 g/mol. The summed E-state index contributed by atoms with van der Waals surface area (Å²) < 4.78 is 0.797. The molecule has 0 aliphatic rings. The topological polar surface area (TPSA) is 55.1 Å². The summed E-state index contributed by atoms with van der Waals surface area (Å²) in [6.45, 7) is 4.01. The molecule has 2 aromatic carbocycles. The zero-order valence-corrected chi connectivity index (χ0v) is 13.1. The van der Waals surface area contributed by atoms with Crippen molar-refractivity contribution in [2.24, 2.45) is 0 Å². The van der Waals surface area contributed by atoms with Gasteiger partial charge in [-0.15, -0.1) is 0 Å². The van der Waals surface area contributed by atoms with E-state index in [2.05, 4.69) is 21.2 Å². The second-order valence-corrected chi connectivity index (χ2v) is 5.74. The van der Waals surface area contributed by atoms with Crippen LogP contribution in [-0.4, -0.2) is 5.91 Å². The molecule has 0 aliphatic heterocycles. The van der Waals surface area contributed by atoms with Crippen molar-refractivity contribution < 1.29 is 4.79 Å². The number of nitrogen functional groups attached to an aromatic ring is 1. The summed E-state index contributed by atoms with van der Waals surface area (Å²) in [5.41, 5.74) is 9.15. The van der Waals surface area contributed by atoms with Gasteiger partial charge < -0.3 is 11.1 Å². The van der Waals surface area contributed by atoms with Gasteiger partial charge in [0.05, 0.1) is 6.04 Å². The Morgan fingerprint density at radius 2 is 1.95 bits per heavy atom. The van der Waals surface area contributed by atoms with Gasteiger partial charge in [-0.3, -0.25) is 4.79 Å². The molecule has 0 radical (unpaired) electrons. The average molecular weight is 333 g/mol. The number of benzene rings is 2. The fourth-order valence-corrected chi connectivity index (χ4v) is 2.68. The molecule has 1 amide bonds. The number of anilines is 1. The van der Waals surface area contributed by atoms with E-state index in [1.54, 1.807) is 18.2 Å². The van der Waals surface area contributed by atoms with Crippen LogP contribution in [0.5, 0.6) is 0 Å². The van der Waals surface area contributed by atoms with Crippen molar-refractivity contribution in [2.45, 2.75) is 19.9 Å². The van der Waals surface area contributed by atoms with Crippen LogP contribution in [0.1, 0.15) is 34.5 Å². The van der Waals surface area contributed by atoms with Crippen molar-refractivity contribution in [2.75, 3.05) is 5.73 Å². The molecule has 0 aliphatic carbocycles. The lowest BCUT2D eigenvalue weighted by molar-refractivity contribution is 0.0940. The quantitative estimate of drug-likeness (QED) is 0.839. The van der Waals surface area contributed by atoms with E-state index >= 15 is 0 Å². The molecule has 0 saturated carbocycles. The van der Waals surface area contributed by atoms with Gasteiger partial charge in [-0.05, 0) is 43.2 Å². The highest BCUT2D eigenvalue weighted by Gasteiger charge is 2.13. The molecule has 104 valence electrons. The zero-order chi connectivity index (χ0) is 14.7. The first kappa shape index (κ1) is 14.6. The predicted octanol–water partition coefficient (Wildman–Crippen LogP) is 3.83. The minimum Gasteiger partial charge on any atom is -0.399 e. The lowest BCUT2D eigenvalue weighted by Crippen LogP contribution is -2.27. The number of carbonyl (C=O) groups excluding carboxylic acids is 1. The molecule has 3 nitrogen and oxygen atoms in total. The molecule has 0 saturated heterocycles. The highest BCUT2D eigenvalue weighted by atomic mass is 79.9. The van der Waals surface area contributed by atoms with Gasteiger partial charge in [0.25, 0.3) is 5.91 Å². The summed E-state index contributed by atoms with van der Waals surface area (Å²) >= 11 is 3.34. The van der Waals surface area contributed by atoms with Crippen LogP contribution < -0.4 is 11.1 Å². The van der Waals surface area contributed by atoms with Crippen LogP contribution in [0.4, 0.5) is 5.69 Å². The Kier molecular flexibility index (Phi) is 4.45. The Morgan fingerprint density at radius 3 is 2.60 bits per heavy atom. The smallest absolute Gasteiger partial charge is 0.251 e. The van der Waals surface area contributed by atoms with Crippen molar-refractivity contribution in [3.8, 4) is 0 Å². The second-order valence-electron chi connectivity index (χ2n) is 4.82. The molecule has 4 heteroatoms. The fraction of sp³-hybridized carbons (Fsp3) is 0.188. The van der Waals surface area contributed by atoms with Crippen molar-refractivity contribution in [1.29, 1.82) is 0 Å². The van der Waals surface area contributed by atoms with E-state index in [9.17, 15) is 4.79 Å². The summed E-state index contributed by atoms with van der Waals surface area (Å²) in [4.78, 5) is 12.3. The number of hydrogen-bond acceptors (Lipinski definition) is 2. The van der Waals surface area contributed by atoms with Gasteiger partial charge >= 0.3 is 0 Å². The van der Waals surface area contributed by atoms with Crippen molar-refractivity contribution >= 4 is 27.5 Å². The number of carbonyl (C=O) groups is 1. The minimum atomic E-state index is -0.131. The van der Waals surface area contributed by atoms with E-state index in [4.69, 9.17) is 5.73 Å². The number of nitrogens with two attached hydrogens (primary N) is 1. The Hall–Kier alpha value is -1.81. The van der Waals surface area contributed by atoms with Crippen LogP contribution in [0.3, 0.4) is 0 Å². The Bertz CT molecular complexity index is 620. The van der Waals surface area contributed by atoms with Gasteiger partial charge in [-0.2, -0.15) is 0 Å². The summed E-state index contributed by atoms with van der Waals surface area (Å²) in [5, 5.41) is 2.99. The molecule has 3 N–H and O–H groups in total. The van der Waals surface area contributed by atoms with Gasteiger partial charge in [0.2, 0.25) is 0 Å². The molecule has 2 aromatic rings. The van der Waals surface area contributed by atoms with Crippen molar-refractivity contribution in [3.05, 3.63) is 63.6 Å². The van der Waals surface area contributed by atoms with Crippen molar-refractivity contribution in [1.82, 2.24) is 5.32 Å². The average Bonchev–Trinajstić information content (AvgIpc) is 2.37. The highest BCUT2D eigenvalue weighted by Crippen LogP contribution is 2.20. The molecule has 0 spiro atoms. The van der Waals surface area contributed by atoms with Crippen LogP contribution in [0.15, 0.2) is 46.9 Å². The van der Waals surface area contributed by atoms with Gasteiger partial charge in [0.1, 0.15) is 0 Å². The molecule has 20 heavy (non-hydrogen) atoms. The monoisotopic (exact) mass is 332 g/mol. The lowest BCUT2D eigenvalue weighted by Gasteiger charge is -2.17. The van der Waals surface area contributed by atoms with E-state index in [1.165, 1.54) is 0 Å². The molecular formula is C16H17BrN2O.